The Hall–Kier alpha value is -1.39. The van der Waals surface area contributed by atoms with Gasteiger partial charge in [-0.3, -0.25) is 0 Å². The van der Waals surface area contributed by atoms with E-state index in [4.69, 9.17) is 11.6 Å². The molecule has 18 heavy (non-hydrogen) atoms. The van der Waals surface area contributed by atoms with Crippen LogP contribution in [0.3, 0.4) is 0 Å². The van der Waals surface area contributed by atoms with Crippen LogP contribution in [-0.4, -0.2) is 16.6 Å². The molecule has 2 rings (SSSR count). The average molecular weight is 268 g/mol. The van der Waals surface area contributed by atoms with E-state index in [-0.39, 0.29) is 11.9 Å². The zero-order valence-corrected chi connectivity index (χ0v) is 11.1. The summed E-state index contributed by atoms with van der Waals surface area (Å²) in [5.74, 6) is 0.533. The predicted octanol–water partition coefficient (Wildman–Crippen LogP) is 3.00. The van der Waals surface area contributed by atoms with Gasteiger partial charge in [-0.15, -0.1) is 0 Å². The van der Waals surface area contributed by atoms with Crippen LogP contribution < -0.4 is 5.32 Å². The molecule has 5 heteroatoms. The number of imidazole rings is 1. The molecule has 0 fully saturated rings. The van der Waals surface area contributed by atoms with Crippen LogP contribution in [0.15, 0.2) is 30.6 Å². The van der Waals surface area contributed by atoms with Gasteiger partial charge in [0, 0.05) is 24.0 Å². The van der Waals surface area contributed by atoms with Crippen molar-refractivity contribution in [2.24, 2.45) is 0 Å². The minimum Gasteiger partial charge on any atom is -0.334 e. The highest BCUT2D eigenvalue weighted by Gasteiger charge is 2.19. The first-order valence-electron chi connectivity index (χ1n) is 5.80. The lowest BCUT2D eigenvalue weighted by Crippen LogP contribution is -2.22. The van der Waals surface area contributed by atoms with Crippen molar-refractivity contribution in [3.63, 3.8) is 0 Å². The van der Waals surface area contributed by atoms with Crippen molar-refractivity contribution in [1.29, 1.82) is 0 Å². The molecular formula is C13H15ClFN3. The zero-order chi connectivity index (χ0) is 13.1. The fraction of sp³-hybridized carbons (Fsp3) is 0.308. The van der Waals surface area contributed by atoms with Crippen LogP contribution in [0.5, 0.6) is 0 Å². The molecule has 3 nitrogen and oxygen atoms in total. The van der Waals surface area contributed by atoms with Crippen molar-refractivity contribution in [3.8, 4) is 0 Å². The first-order chi connectivity index (χ1) is 8.67. The number of aryl methyl sites for hydroxylation is 1. The smallest absolute Gasteiger partial charge is 0.130 e. The van der Waals surface area contributed by atoms with Crippen LogP contribution in [0.25, 0.3) is 0 Å². The van der Waals surface area contributed by atoms with Crippen LogP contribution in [0.2, 0.25) is 5.02 Å². The number of benzene rings is 1. The lowest BCUT2D eigenvalue weighted by atomic mass is 10.1. The van der Waals surface area contributed by atoms with E-state index in [0.717, 1.165) is 17.9 Å². The zero-order valence-electron chi connectivity index (χ0n) is 10.3. The summed E-state index contributed by atoms with van der Waals surface area (Å²) in [5.41, 5.74) is 0.821. The number of hydrogen-bond donors (Lipinski definition) is 1. The van der Waals surface area contributed by atoms with Crippen molar-refractivity contribution in [2.45, 2.75) is 19.5 Å². The van der Waals surface area contributed by atoms with Crippen LogP contribution >= 0.6 is 11.6 Å². The highest BCUT2D eigenvalue weighted by molar-refractivity contribution is 6.31. The first-order valence-corrected chi connectivity index (χ1v) is 6.18. The van der Waals surface area contributed by atoms with E-state index in [2.05, 4.69) is 10.3 Å². The second kappa shape index (κ2) is 5.50. The van der Waals surface area contributed by atoms with E-state index in [1.54, 1.807) is 12.3 Å². The number of aromatic nitrogens is 2. The molecule has 1 atom stereocenters. The summed E-state index contributed by atoms with van der Waals surface area (Å²) >= 11 is 6.10. The quantitative estimate of drug-likeness (QED) is 0.923. The summed E-state index contributed by atoms with van der Waals surface area (Å²) in [5, 5.41) is 3.57. The van der Waals surface area contributed by atoms with Crippen molar-refractivity contribution < 1.29 is 4.39 Å². The maximum absolute atomic E-state index is 13.1. The second-order valence-corrected chi connectivity index (χ2v) is 4.37. The van der Waals surface area contributed by atoms with E-state index in [1.807, 2.05) is 24.7 Å². The molecule has 0 aliphatic carbocycles. The standard InChI is InChI=1S/C13H15ClFN3/c1-3-18-7-6-17-13(18)12(16-2)10-5-4-9(15)8-11(10)14/h4-8,12,16H,3H2,1-2H3. The molecule has 0 bridgehead atoms. The maximum Gasteiger partial charge on any atom is 0.130 e. The van der Waals surface area contributed by atoms with Crippen LogP contribution in [0.4, 0.5) is 4.39 Å². The van der Waals surface area contributed by atoms with Gasteiger partial charge < -0.3 is 9.88 Å². The number of rotatable bonds is 4. The molecule has 0 aliphatic heterocycles. The molecule has 1 aromatic carbocycles. The molecular weight excluding hydrogens is 253 g/mol. The Morgan fingerprint density at radius 1 is 1.50 bits per heavy atom. The SMILES string of the molecule is CCn1ccnc1C(NC)c1ccc(F)cc1Cl. The number of halogens is 2. The molecule has 2 aromatic rings. The summed E-state index contributed by atoms with van der Waals surface area (Å²) in [7, 11) is 1.83. The highest BCUT2D eigenvalue weighted by Crippen LogP contribution is 2.27. The van der Waals surface area contributed by atoms with Gasteiger partial charge in [-0.05, 0) is 31.7 Å². The lowest BCUT2D eigenvalue weighted by Gasteiger charge is -2.18. The summed E-state index contributed by atoms with van der Waals surface area (Å²) in [6, 6.07) is 4.27. The third-order valence-corrected chi connectivity index (χ3v) is 3.24. The molecule has 0 saturated heterocycles. The van der Waals surface area contributed by atoms with E-state index in [1.165, 1.54) is 12.1 Å². The fourth-order valence-electron chi connectivity index (χ4n) is 2.01. The van der Waals surface area contributed by atoms with E-state index in [9.17, 15) is 4.39 Å². The Morgan fingerprint density at radius 2 is 2.28 bits per heavy atom. The Balaban J connectivity index is 2.45. The fourth-order valence-corrected chi connectivity index (χ4v) is 2.28. The molecule has 96 valence electrons. The largest absolute Gasteiger partial charge is 0.334 e. The van der Waals surface area contributed by atoms with E-state index < -0.39 is 0 Å². The maximum atomic E-state index is 13.1. The highest BCUT2D eigenvalue weighted by atomic mass is 35.5. The Labute approximate surface area is 111 Å². The van der Waals surface area contributed by atoms with Crippen molar-refractivity contribution >= 4 is 11.6 Å². The second-order valence-electron chi connectivity index (χ2n) is 3.96. The molecule has 0 radical (unpaired) electrons. The Morgan fingerprint density at radius 3 is 2.89 bits per heavy atom. The molecule has 1 heterocycles. The van der Waals surface area contributed by atoms with Crippen LogP contribution in [-0.2, 0) is 6.54 Å². The van der Waals surface area contributed by atoms with Gasteiger partial charge in [0.15, 0.2) is 0 Å². The molecule has 0 spiro atoms. The monoisotopic (exact) mass is 267 g/mol. The van der Waals surface area contributed by atoms with E-state index in [0.29, 0.717) is 5.02 Å². The van der Waals surface area contributed by atoms with Crippen LogP contribution in [0, 0.1) is 5.82 Å². The normalized spacial score (nSPS) is 12.7. The third-order valence-electron chi connectivity index (χ3n) is 2.91. The minimum atomic E-state index is -0.336. The van der Waals surface area contributed by atoms with Crippen LogP contribution in [0.1, 0.15) is 24.4 Å². The molecule has 1 unspecified atom stereocenters. The van der Waals surface area contributed by atoms with Crippen molar-refractivity contribution in [2.75, 3.05) is 7.05 Å². The summed E-state index contributed by atoms with van der Waals surface area (Å²) in [6.45, 7) is 2.87. The van der Waals surface area contributed by atoms with Gasteiger partial charge in [-0.25, -0.2) is 9.37 Å². The van der Waals surface area contributed by atoms with Crippen molar-refractivity contribution in [3.05, 3.63) is 52.8 Å². The van der Waals surface area contributed by atoms with Gasteiger partial charge in [-0.1, -0.05) is 17.7 Å². The Kier molecular flexibility index (Phi) is 3.99. The summed E-state index contributed by atoms with van der Waals surface area (Å²) < 4.78 is 15.1. The van der Waals surface area contributed by atoms with Gasteiger partial charge in [0.1, 0.15) is 11.6 Å². The number of nitrogens with one attached hydrogen (secondary N) is 1. The van der Waals surface area contributed by atoms with Gasteiger partial charge in [0.2, 0.25) is 0 Å². The number of nitrogens with zero attached hydrogens (tertiary/aromatic N) is 2. The predicted molar refractivity (Wildman–Crippen MR) is 70.2 cm³/mol. The molecule has 1 aromatic heterocycles. The topological polar surface area (TPSA) is 29.9 Å². The molecule has 0 aliphatic rings. The average Bonchev–Trinajstić information content (AvgIpc) is 2.81. The first kappa shape index (κ1) is 13.1. The van der Waals surface area contributed by atoms with E-state index >= 15 is 0 Å². The van der Waals surface area contributed by atoms with Gasteiger partial charge in [-0.2, -0.15) is 0 Å². The Bertz CT molecular complexity index is 539. The summed E-state index contributed by atoms with van der Waals surface area (Å²) in [6.07, 6.45) is 3.66. The molecule has 0 amide bonds. The van der Waals surface area contributed by atoms with Gasteiger partial charge in [0.05, 0.1) is 6.04 Å². The number of hydrogen-bond acceptors (Lipinski definition) is 2. The molecule has 0 saturated carbocycles. The van der Waals surface area contributed by atoms with Crippen molar-refractivity contribution in [1.82, 2.24) is 14.9 Å². The lowest BCUT2D eigenvalue weighted by molar-refractivity contribution is 0.586. The van der Waals surface area contributed by atoms with Gasteiger partial charge >= 0.3 is 0 Å². The van der Waals surface area contributed by atoms with Gasteiger partial charge in [0.25, 0.3) is 0 Å². The minimum absolute atomic E-state index is 0.145. The molecule has 1 N–H and O–H groups in total. The third kappa shape index (κ3) is 2.40. The summed E-state index contributed by atoms with van der Waals surface area (Å²) in [4.78, 5) is 4.35.